The van der Waals surface area contributed by atoms with Crippen molar-refractivity contribution in [2.75, 3.05) is 39.3 Å². The first-order valence-corrected chi connectivity index (χ1v) is 10.5. The van der Waals surface area contributed by atoms with E-state index in [-0.39, 0.29) is 12.5 Å². The minimum Gasteiger partial charge on any atom is -0.337 e. The highest BCUT2D eigenvalue weighted by Crippen LogP contribution is 2.13. The van der Waals surface area contributed by atoms with Crippen molar-refractivity contribution in [2.45, 2.75) is 13.0 Å². The standard InChI is InChI=1S/C18H24N4O2S2/c23-17(20-18(24)19-6-5-15-3-1-11-25-15)14-22-9-7-21(8-10-22)13-16-4-2-12-26-16/h1-4,11-12H,5-10,13-14H2,(H2,19,20,23,24). The molecule has 0 bridgehead atoms. The molecule has 0 spiro atoms. The Kier molecular flexibility index (Phi) is 7.19. The molecule has 0 saturated carbocycles. The Bertz CT molecular complexity index is 680. The molecule has 3 amide bonds. The third-order valence-electron chi connectivity index (χ3n) is 4.28. The predicted molar refractivity (Wildman–Crippen MR) is 106 cm³/mol. The van der Waals surface area contributed by atoms with Crippen LogP contribution in [0.4, 0.5) is 4.79 Å². The van der Waals surface area contributed by atoms with Crippen LogP contribution in [0.2, 0.25) is 0 Å². The molecule has 2 N–H and O–H groups in total. The van der Waals surface area contributed by atoms with Crippen LogP contribution in [0.5, 0.6) is 0 Å². The summed E-state index contributed by atoms with van der Waals surface area (Å²) in [5, 5.41) is 9.26. The monoisotopic (exact) mass is 392 g/mol. The summed E-state index contributed by atoms with van der Waals surface area (Å²) in [6.07, 6.45) is 0.783. The Balaban J connectivity index is 1.29. The molecule has 2 aromatic heterocycles. The molecule has 2 aromatic rings. The number of piperazine rings is 1. The quantitative estimate of drug-likeness (QED) is 0.756. The summed E-state index contributed by atoms with van der Waals surface area (Å²) in [6, 6.07) is 7.84. The molecule has 140 valence electrons. The Hall–Kier alpha value is -1.74. The van der Waals surface area contributed by atoms with Crippen LogP contribution in [0.1, 0.15) is 9.75 Å². The van der Waals surface area contributed by atoms with Crippen LogP contribution in [0.15, 0.2) is 35.0 Å². The zero-order chi connectivity index (χ0) is 18.2. The molecule has 8 heteroatoms. The first-order valence-electron chi connectivity index (χ1n) is 8.76. The second-order valence-corrected chi connectivity index (χ2v) is 8.33. The summed E-state index contributed by atoms with van der Waals surface area (Å²) < 4.78 is 0. The zero-order valence-electron chi connectivity index (χ0n) is 14.6. The van der Waals surface area contributed by atoms with Gasteiger partial charge in [-0.2, -0.15) is 0 Å². The molecule has 1 aliphatic rings. The maximum Gasteiger partial charge on any atom is 0.321 e. The molecular weight excluding hydrogens is 368 g/mol. The van der Waals surface area contributed by atoms with Gasteiger partial charge < -0.3 is 5.32 Å². The van der Waals surface area contributed by atoms with Crippen LogP contribution >= 0.6 is 22.7 Å². The molecule has 0 radical (unpaired) electrons. The molecule has 1 aliphatic heterocycles. The molecule has 3 heterocycles. The van der Waals surface area contributed by atoms with E-state index in [2.05, 4.69) is 37.9 Å². The third kappa shape index (κ3) is 6.21. The first-order chi connectivity index (χ1) is 12.7. The average molecular weight is 393 g/mol. The summed E-state index contributed by atoms with van der Waals surface area (Å²) in [5.41, 5.74) is 0. The van der Waals surface area contributed by atoms with Crippen LogP contribution in [0, 0.1) is 0 Å². The van der Waals surface area contributed by atoms with Gasteiger partial charge in [-0.1, -0.05) is 12.1 Å². The van der Waals surface area contributed by atoms with E-state index >= 15 is 0 Å². The SMILES string of the molecule is O=C(CN1CCN(Cc2cccs2)CC1)NC(=O)NCCc1cccs1. The molecule has 0 aromatic carbocycles. The van der Waals surface area contributed by atoms with Gasteiger partial charge in [-0.25, -0.2) is 4.79 Å². The maximum absolute atomic E-state index is 12.0. The van der Waals surface area contributed by atoms with Crippen LogP contribution in [0.25, 0.3) is 0 Å². The normalized spacial score (nSPS) is 15.7. The van der Waals surface area contributed by atoms with Crippen LogP contribution in [-0.2, 0) is 17.8 Å². The number of thiophene rings is 2. The van der Waals surface area contributed by atoms with E-state index in [1.807, 2.05) is 17.5 Å². The zero-order valence-corrected chi connectivity index (χ0v) is 16.3. The summed E-state index contributed by atoms with van der Waals surface area (Å²) in [6.45, 7) is 5.35. The lowest BCUT2D eigenvalue weighted by Crippen LogP contribution is -2.50. The molecule has 0 aliphatic carbocycles. The fraction of sp³-hybridized carbons (Fsp3) is 0.444. The number of carbonyl (C=O) groups excluding carboxylic acids is 2. The minimum absolute atomic E-state index is 0.245. The van der Waals surface area contributed by atoms with Gasteiger partial charge in [0.05, 0.1) is 6.54 Å². The van der Waals surface area contributed by atoms with Crippen molar-refractivity contribution in [3.05, 3.63) is 44.8 Å². The van der Waals surface area contributed by atoms with Gasteiger partial charge in [0.25, 0.3) is 0 Å². The smallest absolute Gasteiger partial charge is 0.321 e. The van der Waals surface area contributed by atoms with Gasteiger partial charge in [0.2, 0.25) is 5.91 Å². The second kappa shape index (κ2) is 9.82. The molecule has 26 heavy (non-hydrogen) atoms. The van der Waals surface area contributed by atoms with Crippen molar-refractivity contribution in [2.24, 2.45) is 0 Å². The van der Waals surface area contributed by atoms with E-state index in [9.17, 15) is 9.59 Å². The van der Waals surface area contributed by atoms with Gasteiger partial charge in [0, 0.05) is 49.0 Å². The van der Waals surface area contributed by atoms with E-state index < -0.39 is 6.03 Å². The Morgan fingerprint density at radius 1 is 0.962 bits per heavy atom. The Labute approximate surface area is 161 Å². The van der Waals surface area contributed by atoms with Crippen molar-refractivity contribution in [1.29, 1.82) is 0 Å². The fourth-order valence-electron chi connectivity index (χ4n) is 2.90. The topological polar surface area (TPSA) is 64.7 Å². The van der Waals surface area contributed by atoms with E-state index in [0.29, 0.717) is 6.54 Å². The van der Waals surface area contributed by atoms with Gasteiger partial charge in [0.1, 0.15) is 0 Å². The lowest BCUT2D eigenvalue weighted by molar-refractivity contribution is -0.121. The summed E-state index contributed by atoms with van der Waals surface area (Å²) in [7, 11) is 0. The first kappa shape index (κ1) is 19.0. The van der Waals surface area contributed by atoms with Gasteiger partial charge >= 0.3 is 6.03 Å². The number of nitrogens with zero attached hydrogens (tertiary/aromatic N) is 2. The van der Waals surface area contributed by atoms with Crippen LogP contribution < -0.4 is 10.6 Å². The molecule has 0 atom stereocenters. The Morgan fingerprint density at radius 3 is 2.27 bits per heavy atom. The Morgan fingerprint density at radius 2 is 1.62 bits per heavy atom. The number of hydrogen-bond acceptors (Lipinski definition) is 6. The van der Waals surface area contributed by atoms with E-state index in [4.69, 9.17) is 0 Å². The van der Waals surface area contributed by atoms with Crippen molar-refractivity contribution in [3.63, 3.8) is 0 Å². The number of urea groups is 1. The molecule has 0 unspecified atom stereocenters. The van der Waals surface area contributed by atoms with Gasteiger partial charge in [-0.3, -0.25) is 19.9 Å². The lowest BCUT2D eigenvalue weighted by Gasteiger charge is -2.33. The van der Waals surface area contributed by atoms with Gasteiger partial charge in [-0.15, -0.1) is 22.7 Å². The number of carbonyl (C=O) groups is 2. The lowest BCUT2D eigenvalue weighted by atomic mass is 10.3. The number of nitrogens with one attached hydrogen (secondary N) is 2. The summed E-state index contributed by atoms with van der Waals surface area (Å²) in [4.78, 5) is 30.9. The fourth-order valence-corrected chi connectivity index (χ4v) is 4.35. The molecular formula is C18H24N4O2S2. The highest BCUT2D eigenvalue weighted by Gasteiger charge is 2.20. The molecule has 3 rings (SSSR count). The molecule has 1 fully saturated rings. The van der Waals surface area contributed by atoms with Crippen LogP contribution in [0.3, 0.4) is 0 Å². The van der Waals surface area contributed by atoms with Crippen molar-refractivity contribution < 1.29 is 9.59 Å². The third-order valence-corrected chi connectivity index (χ3v) is 6.08. The average Bonchev–Trinajstić information content (AvgIpc) is 3.30. The van der Waals surface area contributed by atoms with Crippen molar-refractivity contribution in [3.8, 4) is 0 Å². The van der Waals surface area contributed by atoms with Crippen LogP contribution in [-0.4, -0.2) is 61.0 Å². The van der Waals surface area contributed by atoms with Gasteiger partial charge in [-0.05, 0) is 29.3 Å². The largest absolute Gasteiger partial charge is 0.337 e. The maximum atomic E-state index is 12.0. The van der Waals surface area contributed by atoms with Crippen molar-refractivity contribution in [1.82, 2.24) is 20.4 Å². The molecule has 6 nitrogen and oxygen atoms in total. The number of imide groups is 1. The molecule has 1 saturated heterocycles. The van der Waals surface area contributed by atoms with Crippen molar-refractivity contribution >= 4 is 34.6 Å². The van der Waals surface area contributed by atoms with Gasteiger partial charge in [0.15, 0.2) is 0 Å². The van der Waals surface area contributed by atoms with E-state index in [1.54, 1.807) is 22.7 Å². The predicted octanol–water partition coefficient (Wildman–Crippen LogP) is 2.00. The number of amides is 3. The minimum atomic E-state index is -0.414. The summed E-state index contributed by atoms with van der Waals surface area (Å²) in [5.74, 6) is -0.245. The van der Waals surface area contributed by atoms with E-state index in [1.165, 1.54) is 9.75 Å². The highest BCUT2D eigenvalue weighted by molar-refractivity contribution is 7.10. The summed E-state index contributed by atoms with van der Waals surface area (Å²) >= 11 is 3.44. The van der Waals surface area contributed by atoms with E-state index in [0.717, 1.165) is 39.1 Å². The highest BCUT2D eigenvalue weighted by atomic mass is 32.1. The second-order valence-electron chi connectivity index (χ2n) is 6.27. The number of hydrogen-bond donors (Lipinski definition) is 2. The number of rotatable bonds is 7.